The first-order valence-electron chi connectivity index (χ1n) is 2.12. The number of hydrogen-bond acceptors (Lipinski definition) is 2. The number of methoxy groups -OCH3 is 1. The Kier molecular flexibility index (Phi) is 15.6. The molecule has 0 aliphatic carbocycles. The summed E-state index contributed by atoms with van der Waals surface area (Å²) in [5.41, 5.74) is 0. The van der Waals surface area contributed by atoms with Gasteiger partial charge in [-0.15, -0.1) is 0 Å². The van der Waals surface area contributed by atoms with E-state index in [1.54, 1.807) is 7.11 Å². The SMILES string of the molecule is COCCBr.O=[PH](O)O. The third-order valence-corrected chi connectivity index (χ3v) is 0.605. The monoisotopic (exact) mass is 220 g/mol. The van der Waals surface area contributed by atoms with Crippen LogP contribution in [0.1, 0.15) is 0 Å². The van der Waals surface area contributed by atoms with Gasteiger partial charge in [-0.2, -0.15) is 0 Å². The highest BCUT2D eigenvalue weighted by Gasteiger charge is 1.68. The van der Waals surface area contributed by atoms with Crippen molar-refractivity contribution in [2.24, 2.45) is 0 Å². The number of alkyl halides is 1. The Hall–Kier alpha value is 0.590. The maximum atomic E-state index is 8.74. The lowest BCUT2D eigenvalue weighted by Crippen LogP contribution is -1.85. The van der Waals surface area contributed by atoms with Gasteiger partial charge in [0.2, 0.25) is 0 Å². The molecule has 0 aromatic heterocycles. The van der Waals surface area contributed by atoms with E-state index in [4.69, 9.17) is 14.4 Å². The fraction of sp³-hybridized carbons (Fsp3) is 1.00. The molecule has 0 heterocycles. The second-order valence-corrected chi connectivity index (χ2v) is 2.32. The highest BCUT2D eigenvalue weighted by atomic mass is 79.9. The molecule has 2 N–H and O–H groups in total. The minimum atomic E-state index is -3.13. The van der Waals surface area contributed by atoms with E-state index in [0.717, 1.165) is 11.9 Å². The van der Waals surface area contributed by atoms with Gasteiger partial charge in [0.1, 0.15) is 0 Å². The molecule has 0 radical (unpaired) electrons. The van der Waals surface area contributed by atoms with Crippen LogP contribution in [0.25, 0.3) is 0 Å². The van der Waals surface area contributed by atoms with Gasteiger partial charge in [-0.1, -0.05) is 15.9 Å². The second kappa shape index (κ2) is 11.4. The minimum absolute atomic E-state index is 0.806. The molecule has 0 spiro atoms. The summed E-state index contributed by atoms with van der Waals surface area (Å²) in [4.78, 5) is 14.3. The molecule has 0 saturated carbocycles. The average molecular weight is 221 g/mol. The molecule has 0 atom stereocenters. The van der Waals surface area contributed by atoms with E-state index < -0.39 is 8.25 Å². The molecule has 4 nitrogen and oxygen atoms in total. The van der Waals surface area contributed by atoms with Crippen molar-refractivity contribution >= 4 is 24.2 Å². The number of rotatable bonds is 2. The third kappa shape index (κ3) is 55.6. The van der Waals surface area contributed by atoms with Crippen LogP contribution < -0.4 is 0 Å². The van der Waals surface area contributed by atoms with Gasteiger partial charge in [0.15, 0.2) is 0 Å². The molecule has 0 aliphatic heterocycles. The van der Waals surface area contributed by atoms with Gasteiger partial charge in [0.05, 0.1) is 6.61 Å². The summed E-state index contributed by atoms with van der Waals surface area (Å²) in [5, 5.41) is 0.934. The number of halogens is 1. The normalized spacial score (nSPS) is 8.56. The first-order valence-corrected chi connectivity index (χ1v) is 4.54. The van der Waals surface area contributed by atoms with Crippen LogP contribution in [0, 0.1) is 0 Å². The number of ether oxygens (including phenoxy) is 1. The van der Waals surface area contributed by atoms with E-state index in [9.17, 15) is 0 Å². The molecule has 0 aromatic rings. The second-order valence-electron chi connectivity index (χ2n) is 0.964. The Labute approximate surface area is 62.9 Å². The Morgan fingerprint density at radius 1 is 1.67 bits per heavy atom. The summed E-state index contributed by atoms with van der Waals surface area (Å²) in [5.74, 6) is 0. The van der Waals surface area contributed by atoms with Crippen molar-refractivity contribution < 1.29 is 19.1 Å². The predicted molar refractivity (Wildman–Crippen MR) is 39.1 cm³/mol. The lowest BCUT2D eigenvalue weighted by molar-refractivity contribution is 0.219. The maximum Gasteiger partial charge on any atom is 0.314 e. The molecule has 0 rings (SSSR count). The van der Waals surface area contributed by atoms with Gasteiger partial charge >= 0.3 is 8.25 Å². The van der Waals surface area contributed by atoms with Crippen molar-refractivity contribution in [2.75, 3.05) is 19.0 Å². The van der Waals surface area contributed by atoms with Crippen LogP contribution in [0.3, 0.4) is 0 Å². The van der Waals surface area contributed by atoms with Crippen LogP contribution >= 0.6 is 24.2 Å². The average Bonchev–Trinajstić information content (AvgIpc) is 1.66. The highest BCUT2D eigenvalue weighted by Crippen LogP contribution is 1.98. The highest BCUT2D eigenvalue weighted by molar-refractivity contribution is 9.09. The maximum absolute atomic E-state index is 8.74. The molecule has 58 valence electrons. The molecule has 0 saturated heterocycles. The summed E-state index contributed by atoms with van der Waals surface area (Å²) in [7, 11) is -1.45. The Morgan fingerprint density at radius 3 is 2.00 bits per heavy atom. The fourth-order valence-corrected chi connectivity index (χ4v) is 0.401. The number of hydrogen-bond donors (Lipinski definition) is 2. The van der Waals surface area contributed by atoms with Crippen molar-refractivity contribution in [2.45, 2.75) is 0 Å². The molecule has 0 aromatic carbocycles. The van der Waals surface area contributed by atoms with Gasteiger partial charge in [-0.3, -0.25) is 4.57 Å². The molecular formula is C3H10BrO4P. The fourth-order valence-electron chi connectivity index (χ4n) is 0.0772. The van der Waals surface area contributed by atoms with Crippen LogP contribution in [0.4, 0.5) is 0 Å². The van der Waals surface area contributed by atoms with Crippen molar-refractivity contribution in [3.8, 4) is 0 Å². The van der Waals surface area contributed by atoms with E-state index in [1.807, 2.05) is 0 Å². The molecule has 0 bridgehead atoms. The van der Waals surface area contributed by atoms with E-state index in [1.165, 1.54) is 0 Å². The van der Waals surface area contributed by atoms with E-state index in [0.29, 0.717) is 0 Å². The zero-order valence-corrected chi connectivity index (χ0v) is 7.59. The summed E-state index contributed by atoms with van der Waals surface area (Å²) in [6.45, 7) is 0.806. The van der Waals surface area contributed by atoms with Gasteiger partial charge in [-0.05, 0) is 0 Å². The zero-order valence-electron chi connectivity index (χ0n) is 5.00. The van der Waals surface area contributed by atoms with E-state index in [2.05, 4.69) is 20.7 Å². The quantitative estimate of drug-likeness (QED) is 0.522. The van der Waals surface area contributed by atoms with Crippen molar-refractivity contribution in [3.63, 3.8) is 0 Å². The largest absolute Gasteiger partial charge is 0.384 e. The van der Waals surface area contributed by atoms with E-state index >= 15 is 0 Å². The van der Waals surface area contributed by atoms with Crippen LogP contribution in [-0.2, 0) is 9.30 Å². The summed E-state index contributed by atoms with van der Waals surface area (Å²) in [6.07, 6.45) is 0. The van der Waals surface area contributed by atoms with Gasteiger partial charge < -0.3 is 14.5 Å². The first kappa shape index (κ1) is 12.3. The first-order chi connectivity index (χ1) is 4.15. The Bertz CT molecular complexity index is 62.8. The minimum Gasteiger partial charge on any atom is -0.384 e. The standard InChI is InChI=1S/C3H7BrO.H3O3P/c1-5-3-2-4;1-4(2)3/h2-3H2,1H3;4H,(H2,1,2,3). The summed E-state index contributed by atoms with van der Waals surface area (Å²) >= 11 is 3.18. The molecule has 0 fully saturated rings. The van der Waals surface area contributed by atoms with Crippen molar-refractivity contribution in [1.82, 2.24) is 0 Å². The molecule has 0 aliphatic rings. The summed E-state index contributed by atoms with van der Waals surface area (Å²) < 4.78 is 13.4. The molecule has 0 unspecified atom stereocenters. The topological polar surface area (TPSA) is 66.8 Å². The van der Waals surface area contributed by atoms with E-state index in [-0.39, 0.29) is 0 Å². The van der Waals surface area contributed by atoms with Crippen LogP contribution in [0.2, 0.25) is 0 Å². The van der Waals surface area contributed by atoms with Gasteiger partial charge in [-0.25, -0.2) is 0 Å². The van der Waals surface area contributed by atoms with Crippen LogP contribution in [0.15, 0.2) is 0 Å². The Balaban J connectivity index is 0. The lowest BCUT2D eigenvalue weighted by atomic mass is 10.9. The Morgan fingerprint density at radius 2 is 2.00 bits per heavy atom. The van der Waals surface area contributed by atoms with Crippen LogP contribution in [-0.4, -0.2) is 28.8 Å². The van der Waals surface area contributed by atoms with Gasteiger partial charge in [0, 0.05) is 12.4 Å². The lowest BCUT2D eigenvalue weighted by Gasteiger charge is -1.83. The predicted octanol–water partition coefficient (Wildman–Crippen LogP) is 0.388. The molecule has 9 heavy (non-hydrogen) atoms. The van der Waals surface area contributed by atoms with Crippen molar-refractivity contribution in [1.29, 1.82) is 0 Å². The molecule has 6 heteroatoms. The molecule has 0 amide bonds. The zero-order chi connectivity index (χ0) is 7.70. The van der Waals surface area contributed by atoms with Crippen LogP contribution in [0.5, 0.6) is 0 Å². The third-order valence-electron chi connectivity index (χ3n) is 0.281. The molecular weight excluding hydrogens is 211 g/mol. The smallest absolute Gasteiger partial charge is 0.314 e. The van der Waals surface area contributed by atoms with Gasteiger partial charge in [0.25, 0.3) is 0 Å². The summed E-state index contributed by atoms with van der Waals surface area (Å²) in [6, 6.07) is 0. The van der Waals surface area contributed by atoms with Crippen molar-refractivity contribution in [3.05, 3.63) is 0 Å².